The van der Waals surface area contributed by atoms with Gasteiger partial charge in [-0.15, -0.1) is 0 Å². The maximum absolute atomic E-state index is 4.59. The Morgan fingerprint density at radius 3 is 2.94 bits per heavy atom. The Hall–Kier alpha value is -1.23. The largest absolute Gasteiger partial charge is 0.324 e. The number of anilines is 1. The van der Waals surface area contributed by atoms with Gasteiger partial charge in [0, 0.05) is 12.4 Å². The third-order valence-electron chi connectivity index (χ3n) is 2.59. The average Bonchev–Trinajstić information content (AvgIpc) is 2.28. The number of pyridine rings is 1. The molecule has 1 aliphatic rings. The molecule has 0 aliphatic carbocycles. The fourth-order valence-corrected chi connectivity index (χ4v) is 1.89. The van der Waals surface area contributed by atoms with Gasteiger partial charge in [-0.2, -0.15) is 0 Å². The second-order valence-corrected chi connectivity index (χ2v) is 5.01. The number of nitrogens with one attached hydrogen (secondary N) is 2. The lowest BCUT2D eigenvalue weighted by Gasteiger charge is -2.21. The molecule has 5 heteroatoms. The van der Waals surface area contributed by atoms with Crippen LogP contribution in [0.25, 0.3) is 0 Å². The van der Waals surface area contributed by atoms with Gasteiger partial charge in [0.25, 0.3) is 0 Å². The number of nitrogens with zero attached hydrogens (tertiary/aromatic N) is 2. The monoisotopic (exact) mass is 236 g/mol. The smallest absolute Gasteiger partial charge is 0.206 e. The van der Waals surface area contributed by atoms with Crippen molar-refractivity contribution in [1.29, 1.82) is 0 Å². The third-order valence-corrected chi connectivity index (χ3v) is 3.43. The minimum atomic E-state index is 0.305. The Bertz CT molecular complexity index is 403. The SMILES string of the molecule is CC(C)C(C)N=C1NSc2cnccc2N1. The van der Waals surface area contributed by atoms with E-state index >= 15 is 0 Å². The maximum Gasteiger partial charge on any atom is 0.206 e. The molecule has 0 bridgehead atoms. The second-order valence-electron chi connectivity index (χ2n) is 4.16. The van der Waals surface area contributed by atoms with Crippen molar-refractivity contribution in [2.75, 3.05) is 5.32 Å². The molecule has 0 amide bonds. The number of hydrogen-bond donors (Lipinski definition) is 2. The van der Waals surface area contributed by atoms with Gasteiger partial charge in [-0.25, -0.2) is 4.99 Å². The van der Waals surface area contributed by atoms with Gasteiger partial charge in [0.05, 0.1) is 16.6 Å². The zero-order valence-corrected chi connectivity index (χ0v) is 10.5. The van der Waals surface area contributed by atoms with E-state index in [1.807, 2.05) is 12.3 Å². The van der Waals surface area contributed by atoms with Crippen molar-refractivity contribution in [2.45, 2.75) is 31.7 Å². The summed E-state index contributed by atoms with van der Waals surface area (Å²) in [5.74, 6) is 1.37. The fourth-order valence-electron chi connectivity index (χ4n) is 1.23. The number of guanidine groups is 1. The van der Waals surface area contributed by atoms with E-state index in [9.17, 15) is 0 Å². The summed E-state index contributed by atoms with van der Waals surface area (Å²) in [7, 11) is 0. The molecule has 1 aromatic heterocycles. The first-order valence-corrected chi connectivity index (χ1v) is 6.20. The van der Waals surface area contributed by atoms with E-state index in [0.717, 1.165) is 16.5 Å². The van der Waals surface area contributed by atoms with E-state index in [1.165, 1.54) is 0 Å². The number of fused-ring (bicyclic) bond motifs is 1. The lowest BCUT2D eigenvalue weighted by molar-refractivity contribution is 0.530. The molecule has 2 rings (SSSR count). The standard InChI is InChI=1S/C11H16N4S/c1-7(2)8(3)13-11-14-9-4-5-12-6-10(9)16-15-11/h4-8H,1-3H3,(H2,13,14,15). The maximum atomic E-state index is 4.59. The minimum absolute atomic E-state index is 0.305. The zero-order valence-electron chi connectivity index (χ0n) is 9.69. The van der Waals surface area contributed by atoms with Crippen LogP contribution in [0.15, 0.2) is 28.3 Å². The number of aromatic nitrogens is 1. The van der Waals surface area contributed by atoms with Crippen LogP contribution in [0, 0.1) is 5.92 Å². The molecular weight excluding hydrogens is 220 g/mol. The van der Waals surface area contributed by atoms with E-state index in [0.29, 0.717) is 12.0 Å². The summed E-state index contributed by atoms with van der Waals surface area (Å²) in [5.41, 5.74) is 1.06. The molecule has 0 fully saturated rings. The van der Waals surface area contributed by atoms with E-state index in [-0.39, 0.29) is 0 Å². The fraction of sp³-hybridized carbons (Fsp3) is 0.455. The van der Waals surface area contributed by atoms with Crippen LogP contribution >= 0.6 is 11.9 Å². The van der Waals surface area contributed by atoms with Gasteiger partial charge in [-0.3, -0.25) is 9.71 Å². The molecule has 86 valence electrons. The highest BCUT2D eigenvalue weighted by Crippen LogP contribution is 2.27. The molecule has 1 aliphatic heterocycles. The van der Waals surface area contributed by atoms with Gasteiger partial charge in [0.1, 0.15) is 0 Å². The van der Waals surface area contributed by atoms with Crippen LogP contribution in [0.1, 0.15) is 20.8 Å². The molecule has 0 radical (unpaired) electrons. The molecule has 2 N–H and O–H groups in total. The van der Waals surface area contributed by atoms with Crippen molar-refractivity contribution in [1.82, 2.24) is 9.71 Å². The summed E-state index contributed by atoms with van der Waals surface area (Å²) in [6.07, 6.45) is 3.61. The second kappa shape index (κ2) is 4.74. The van der Waals surface area contributed by atoms with Gasteiger partial charge in [0.2, 0.25) is 5.96 Å². The molecule has 1 atom stereocenters. The third kappa shape index (κ3) is 2.47. The van der Waals surface area contributed by atoms with Crippen molar-refractivity contribution < 1.29 is 0 Å². The zero-order chi connectivity index (χ0) is 11.5. The first-order valence-electron chi connectivity index (χ1n) is 5.38. The van der Waals surface area contributed by atoms with Crippen molar-refractivity contribution >= 4 is 23.6 Å². The highest BCUT2D eigenvalue weighted by Gasteiger charge is 2.14. The lowest BCUT2D eigenvalue weighted by Crippen LogP contribution is -2.31. The molecule has 4 nitrogen and oxygen atoms in total. The molecule has 2 heterocycles. The Kier molecular flexibility index (Phi) is 3.33. The summed E-state index contributed by atoms with van der Waals surface area (Å²) >= 11 is 1.54. The van der Waals surface area contributed by atoms with Gasteiger partial charge >= 0.3 is 0 Å². The van der Waals surface area contributed by atoms with Crippen LogP contribution in [0.5, 0.6) is 0 Å². The molecule has 1 unspecified atom stereocenters. The van der Waals surface area contributed by atoms with E-state index in [1.54, 1.807) is 18.1 Å². The summed E-state index contributed by atoms with van der Waals surface area (Å²) in [4.78, 5) is 9.76. The average molecular weight is 236 g/mol. The Labute approximate surface area is 100 Å². The highest BCUT2D eigenvalue weighted by molar-refractivity contribution is 7.98. The van der Waals surface area contributed by atoms with Crippen molar-refractivity contribution in [3.05, 3.63) is 18.5 Å². The van der Waals surface area contributed by atoms with Crippen LogP contribution in [-0.2, 0) is 0 Å². The summed E-state index contributed by atoms with van der Waals surface area (Å²) < 4.78 is 3.18. The van der Waals surface area contributed by atoms with Gasteiger partial charge < -0.3 is 5.32 Å². The molecule has 0 saturated heterocycles. The highest BCUT2D eigenvalue weighted by atomic mass is 32.2. The number of hydrogen-bond acceptors (Lipinski definition) is 3. The van der Waals surface area contributed by atoms with Crippen molar-refractivity contribution in [3.63, 3.8) is 0 Å². The summed E-state index contributed by atoms with van der Waals surface area (Å²) in [6, 6.07) is 2.26. The normalized spacial score (nSPS) is 18.9. The molecule has 0 aromatic carbocycles. The predicted octanol–water partition coefficient (Wildman–Crippen LogP) is 2.50. The summed E-state index contributed by atoms with van der Waals surface area (Å²) in [6.45, 7) is 6.46. The van der Waals surface area contributed by atoms with Crippen molar-refractivity contribution in [3.8, 4) is 0 Å². The molecular formula is C11H16N4S. The number of aliphatic imine (C=N–C) groups is 1. The van der Waals surface area contributed by atoms with Crippen LogP contribution in [0.3, 0.4) is 0 Å². The van der Waals surface area contributed by atoms with Crippen LogP contribution in [0.2, 0.25) is 0 Å². The van der Waals surface area contributed by atoms with Crippen LogP contribution in [0.4, 0.5) is 5.69 Å². The first-order chi connectivity index (χ1) is 7.66. The molecule has 16 heavy (non-hydrogen) atoms. The Balaban J connectivity index is 2.13. The van der Waals surface area contributed by atoms with Crippen LogP contribution < -0.4 is 10.0 Å². The Morgan fingerprint density at radius 2 is 2.19 bits per heavy atom. The van der Waals surface area contributed by atoms with E-state index in [2.05, 4.69) is 40.8 Å². The summed E-state index contributed by atoms with van der Waals surface area (Å²) in [5, 5.41) is 3.26. The van der Waals surface area contributed by atoms with Gasteiger partial charge in [0.15, 0.2) is 0 Å². The molecule has 0 spiro atoms. The minimum Gasteiger partial charge on any atom is -0.324 e. The molecule has 0 saturated carbocycles. The van der Waals surface area contributed by atoms with E-state index in [4.69, 9.17) is 0 Å². The Morgan fingerprint density at radius 1 is 1.38 bits per heavy atom. The number of rotatable bonds is 2. The van der Waals surface area contributed by atoms with Gasteiger partial charge in [-0.05, 0) is 30.9 Å². The predicted molar refractivity (Wildman–Crippen MR) is 68.6 cm³/mol. The van der Waals surface area contributed by atoms with Crippen LogP contribution in [-0.4, -0.2) is 17.0 Å². The topological polar surface area (TPSA) is 49.3 Å². The van der Waals surface area contributed by atoms with Crippen molar-refractivity contribution in [2.24, 2.45) is 10.9 Å². The lowest BCUT2D eigenvalue weighted by atomic mass is 10.1. The first kappa shape index (κ1) is 11.3. The molecule has 1 aromatic rings. The van der Waals surface area contributed by atoms with Gasteiger partial charge in [-0.1, -0.05) is 13.8 Å². The van der Waals surface area contributed by atoms with E-state index < -0.39 is 0 Å². The quantitative estimate of drug-likeness (QED) is 0.775.